The lowest BCUT2D eigenvalue weighted by molar-refractivity contribution is -0.116. The summed E-state index contributed by atoms with van der Waals surface area (Å²) in [7, 11) is 1.63. The first-order valence-electron chi connectivity index (χ1n) is 10.00. The molecule has 0 aromatic heterocycles. The third-order valence-corrected chi connectivity index (χ3v) is 5.06. The lowest BCUT2D eigenvalue weighted by atomic mass is 10.2. The molecule has 1 amide bonds. The van der Waals surface area contributed by atoms with Crippen LogP contribution in [0.4, 0.5) is 14.5 Å². The second-order valence-corrected chi connectivity index (χ2v) is 7.13. The van der Waals surface area contributed by atoms with Crippen molar-refractivity contribution >= 4 is 11.6 Å². The molecule has 1 N–H and O–H groups in total. The molecule has 2 aromatic carbocycles. The van der Waals surface area contributed by atoms with Crippen LogP contribution in [0.5, 0.6) is 11.5 Å². The lowest BCUT2D eigenvalue weighted by Gasteiger charge is -2.34. The Morgan fingerprint density at radius 2 is 1.57 bits per heavy atom. The standard InChI is InChI=1S/C22H27F2N3O3/c1-29-18-3-5-19(6-4-18)30-15-14-27-12-10-26(11-13-27)9-8-22(28)25-17-2-7-20(23)21(24)16-17/h2-7,16H,8-15H2,1H3,(H,25,28). The van der Waals surface area contributed by atoms with Crippen molar-refractivity contribution in [3.05, 3.63) is 54.1 Å². The summed E-state index contributed by atoms with van der Waals surface area (Å²) in [6.07, 6.45) is 0.305. The van der Waals surface area contributed by atoms with Crippen LogP contribution in [0.1, 0.15) is 6.42 Å². The molecule has 0 unspecified atom stereocenters. The Balaban J connectivity index is 1.30. The Labute approximate surface area is 175 Å². The molecule has 1 heterocycles. The minimum absolute atomic E-state index is 0.212. The molecule has 1 fully saturated rings. The van der Waals surface area contributed by atoms with Gasteiger partial charge in [0.2, 0.25) is 5.91 Å². The van der Waals surface area contributed by atoms with Crippen LogP contribution in [-0.4, -0.2) is 68.7 Å². The van der Waals surface area contributed by atoms with Crippen molar-refractivity contribution < 1.29 is 23.0 Å². The van der Waals surface area contributed by atoms with Crippen LogP contribution in [0, 0.1) is 11.6 Å². The molecule has 3 rings (SSSR count). The Morgan fingerprint density at radius 3 is 2.20 bits per heavy atom. The van der Waals surface area contributed by atoms with Crippen LogP contribution >= 0.6 is 0 Å². The summed E-state index contributed by atoms with van der Waals surface area (Å²) in [5.41, 5.74) is 0.264. The first-order chi connectivity index (χ1) is 14.5. The van der Waals surface area contributed by atoms with Gasteiger partial charge in [0.1, 0.15) is 18.1 Å². The Hall–Kier alpha value is -2.71. The Kier molecular flexibility index (Phi) is 7.98. The van der Waals surface area contributed by atoms with E-state index in [9.17, 15) is 13.6 Å². The number of halogens is 2. The quantitative estimate of drug-likeness (QED) is 0.677. The summed E-state index contributed by atoms with van der Waals surface area (Å²) in [5.74, 6) is -0.491. The largest absolute Gasteiger partial charge is 0.497 e. The van der Waals surface area contributed by atoms with Crippen molar-refractivity contribution in [2.24, 2.45) is 0 Å². The third kappa shape index (κ3) is 6.67. The van der Waals surface area contributed by atoms with Crippen LogP contribution in [0.25, 0.3) is 0 Å². The van der Waals surface area contributed by atoms with Crippen LogP contribution in [0.2, 0.25) is 0 Å². The first-order valence-corrected chi connectivity index (χ1v) is 10.00. The van der Waals surface area contributed by atoms with Gasteiger partial charge >= 0.3 is 0 Å². The number of carbonyl (C=O) groups excluding carboxylic acids is 1. The number of benzene rings is 2. The second kappa shape index (κ2) is 10.9. The minimum atomic E-state index is -0.972. The number of methoxy groups -OCH3 is 1. The molecule has 1 saturated heterocycles. The number of hydrogen-bond acceptors (Lipinski definition) is 5. The van der Waals surface area contributed by atoms with Crippen LogP contribution in [-0.2, 0) is 4.79 Å². The molecule has 162 valence electrons. The Bertz CT molecular complexity index is 825. The molecule has 1 aliphatic rings. The van der Waals surface area contributed by atoms with E-state index in [1.54, 1.807) is 7.11 Å². The summed E-state index contributed by atoms with van der Waals surface area (Å²) in [6.45, 7) is 5.67. The fourth-order valence-corrected chi connectivity index (χ4v) is 3.26. The van der Waals surface area contributed by atoms with E-state index in [1.807, 2.05) is 24.3 Å². The van der Waals surface area contributed by atoms with E-state index in [0.717, 1.165) is 56.4 Å². The SMILES string of the molecule is COc1ccc(OCCN2CCN(CCC(=O)Nc3ccc(F)c(F)c3)CC2)cc1. The van der Waals surface area contributed by atoms with Gasteiger partial charge in [-0.15, -0.1) is 0 Å². The molecule has 8 heteroatoms. The maximum Gasteiger partial charge on any atom is 0.225 e. The normalized spacial score (nSPS) is 15.0. The highest BCUT2D eigenvalue weighted by molar-refractivity contribution is 5.90. The predicted molar refractivity (Wildman–Crippen MR) is 111 cm³/mol. The predicted octanol–water partition coefficient (Wildman–Crippen LogP) is 3.00. The fraction of sp³-hybridized carbons (Fsp3) is 0.409. The van der Waals surface area contributed by atoms with Crippen molar-refractivity contribution in [1.82, 2.24) is 9.80 Å². The molecule has 30 heavy (non-hydrogen) atoms. The van der Waals surface area contributed by atoms with Gasteiger partial charge in [0, 0.05) is 57.4 Å². The zero-order chi connectivity index (χ0) is 21.3. The monoisotopic (exact) mass is 419 g/mol. The number of nitrogens with one attached hydrogen (secondary N) is 1. The molecule has 0 atom stereocenters. The van der Waals surface area contributed by atoms with Crippen LogP contribution in [0.3, 0.4) is 0 Å². The van der Waals surface area contributed by atoms with Crippen molar-refractivity contribution in [1.29, 1.82) is 0 Å². The summed E-state index contributed by atoms with van der Waals surface area (Å²) in [4.78, 5) is 16.6. The van der Waals surface area contributed by atoms with Crippen LogP contribution in [0.15, 0.2) is 42.5 Å². The van der Waals surface area contributed by atoms with E-state index in [2.05, 4.69) is 15.1 Å². The molecule has 0 saturated carbocycles. The summed E-state index contributed by atoms with van der Waals surface area (Å²) in [5, 5.41) is 2.60. The molecule has 2 aromatic rings. The molecule has 1 aliphatic heterocycles. The Morgan fingerprint density at radius 1 is 0.933 bits per heavy atom. The third-order valence-electron chi connectivity index (χ3n) is 5.06. The summed E-state index contributed by atoms with van der Waals surface area (Å²) >= 11 is 0. The average Bonchev–Trinajstić information content (AvgIpc) is 2.76. The van der Waals surface area contributed by atoms with E-state index in [0.29, 0.717) is 19.6 Å². The maximum absolute atomic E-state index is 13.2. The van der Waals surface area contributed by atoms with E-state index in [4.69, 9.17) is 9.47 Å². The minimum Gasteiger partial charge on any atom is -0.497 e. The van der Waals surface area contributed by atoms with E-state index >= 15 is 0 Å². The molecule has 0 spiro atoms. The smallest absolute Gasteiger partial charge is 0.225 e. The highest BCUT2D eigenvalue weighted by Gasteiger charge is 2.17. The highest BCUT2D eigenvalue weighted by Crippen LogP contribution is 2.17. The number of ether oxygens (including phenoxy) is 2. The van der Waals surface area contributed by atoms with Gasteiger partial charge in [-0.1, -0.05) is 0 Å². The van der Waals surface area contributed by atoms with E-state index < -0.39 is 11.6 Å². The summed E-state index contributed by atoms with van der Waals surface area (Å²) in [6, 6.07) is 10.9. The van der Waals surface area contributed by atoms with Gasteiger partial charge in [-0.05, 0) is 36.4 Å². The fourth-order valence-electron chi connectivity index (χ4n) is 3.26. The molecule has 0 radical (unpaired) electrons. The summed E-state index contributed by atoms with van der Waals surface area (Å²) < 4.78 is 37.0. The number of rotatable bonds is 9. The van der Waals surface area contributed by atoms with Gasteiger partial charge in [-0.25, -0.2) is 8.78 Å². The van der Waals surface area contributed by atoms with Gasteiger partial charge in [0.15, 0.2) is 11.6 Å². The number of nitrogens with zero attached hydrogens (tertiary/aromatic N) is 2. The first kappa shape index (κ1) is 22.0. The average molecular weight is 419 g/mol. The van der Waals surface area contributed by atoms with Crippen LogP contribution < -0.4 is 14.8 Å². The molecule has 0 bridgehead atoms. The van der Waals surface area contributed by atoms with Crippen molar-refractivity contribution in [3.8, 4) is 11.5 Å². The second-order valence-electron chi connectivity index (χ2n) is 7.13. The van der Waals surface area contributed by atoms with Crippen molar-refractivity contribution in [2.45, 2.75) is 6.42 Å². The number of piperazine rings is 1. The number of anilines is 1. The van der Waals surface area contributed by atoms with Gasteiger partial charge < -0.3 is 19.7 Å². The van der Waals surface area contributed by atoms with Crippen molar-refractivity contribution in [2.75, 3.05) is 58.3 Å². The van der Waals surface area contributed by atoms with Gasteiger partial charge in [-0.3, -0.25) is 9.69 Å². The lowest BCUT2D eigenvalue weighted by Crippen LogP contribution is -2.48. The topological polar surface area (TPSA) is 54.0 Å². The maximum atomic E-state index is 13.2. The molecule has 0 aliphatic carbocycles. The van der Waals surface area contributed by atoms with Gasteiger partial charge in [0.05, 0.1) is 7.11 Å². The molecular weight excluding hydrogens is 392 g/mol. The van der Waals surface area contributed by atoms with Gasteiger partial charge in [-0.2, -0.15) is 0 Å². The zero-order valence-corrected chi connectivity index (χ0v) is 17.1. The zero-order valence-electron chi connectivity index (χ0n) is 17.1. The number of hydrogen-bond donors (Lipinski definition) is 1. The number of carbonyl (C=O) groups is 1. The highest BCUT2D eigenvalue weighted by atomic mass is 19.2. The van der Waals surface area contributed by atoms with E-state index in [-0.39, 0.29) is 11.6 Å². The van der Waals surface area contributed by atoms with Gasteiger partial charge in [0.25, 0.3) is 0 Å². The van der Waals surface area contributed by atoms with E-state index in [1.165, 1.54) is 6.07 Å². The number of amides is 1. The molecule has 6 nitrogen and oxygen atoms in total. The molecular formula is C22H27F2N3O3. The van der Waals surface area contributed by atoms with Crippen molar-refractivity contribution in [3.63, 3.8) is 0 Å².